The number of halogens is 2. The van der Waals surface area contributed by atoms with Gasteiger partial charge in [-0.05, 0) is 23.8 Å². The van der Waals surface area contributed by atoms with Crippen molar-refractivity contribution in [3.05, 3.63) is 57.0 Å². The number of ether oxygens (including phenoxy) is 1. The Morgan fingerprint density at radius 3 is 2.75 bits per heavy atom. The molecule has 2 fully saturated rings. The van der Waals surface area contributed by atoms with E-state index >= 15 is 0 Å². The number of hydrogen-bond acceptors (Lipinski definition) is 4. The smallest absolute Gasteiger partial charge is 0.260 e. The van der Waals surface area contributed by atoms with E-state index in [-0.39, 0.29) is 28.4 Å². The van der Waals surface area contributed by atoms with Gasteiger partial charge in [0, 0.05) is 34.9 Å². The van der Waals surface area contributed by atoms with Crippen LogP contribution in [0.15, 0.2) is 40.6 Å². The zero-order valence-corrected chi connectivity index (χ0v) is 16.4. The van der Waals surface area contributed by atoms with Crippen LogP contribution in [0.3, 0.4) is 0 Å². The number of pyridine rings is 1. The van der Waals surface area contributed by atoms with Crippen molar-refractivity contribution in [2.75, 3.05) is 26.3 Å². The number of benzene rings is 1. The van der Waals surface area contributed by atoms with Gasteiger partial charge in [-0.3, -0.25) is 9.59 Å². The molecule has 1 aromatic carbocycles. The second-order valence-electron chi connectivity index (χ2n) is 7.51. The molecule has 0 radical (unpaired) electrons. The van der Waals surface area contributed by atoms with Crippen molar-refractivity contribution in [1.29, 1.82) is 0 Å². The molecule has 0 aliphatic carbocycles. The molecule has 4 heterocycles. The van der Waals surface area contributed by atoms with Crippen LogP contribution in [0.5, 0.6) is 0 Å². The Labute approximate surface area is 168 Å². The van der Waals surface area contributed by atoms with Gasteiger partial charge in [-0.15, -0.1) is 11.3 Å². The number of carbonyl (C=O) groups is 1. The maximum absolute atomic E-state index is 13.5. The molecule has 0 saturated carbocycles. The highest BCUT2D eigenvalue weighted by Gasteiger charge is 2.50. The molecule has 0 N–H and O–H groups in total. The van der Waals surface area contributed by atoms with Crippen LogP contribution in [0.25, 0.3) is 21.2 Å². The SMILES string of the molecule is O=C(Cn1ccc2scc(-c3ccc(F)c(Cl)c3)c2c1=O)N1CC2(COC2)C1. The number of nitrogens with zero attached hydrogens (tertiary/aromatic N) is 2. The fraction of sp³-hybridized carbons (Fsp3) is 0.300. The lowest BCUT2D eigenvalue weighted by atomic mass is 9.78. The normalized spacial score (nSPS) is 17.6. The molecule has 2 saturated heterocycles. The molecule has 2 aliphatic heterocycles. The van der Waals surface area contributed by atoms with Crippen molar-refractivity contribution in [3.63, 3.8) is 0 Å². The first-order valence-electron chi connectivity index (χ1n) is 8.87. The Bertz CT molecular complexity index is 1160. The Morgan fingerprint density at radius 1 is 1.29 bits per heavy atom. The van der Waals surface area contributed by atoms with Gasteiger partial charge in [0.25, 0.3) is 5.56 Å². The zero-order chi connectivity index (χ0) is 19.5. The van der Waals surface area contributed by atoms with Gasteiger partial charge in [-0.2, -0.15) is 0 Å². The van der Waals surface area contributed by atoms with Gasteiger partial charge < -0.3 is 14.2 Å². The number of likely N-dealkylation sites (tertiary alicyclic amines) is 1. The highest BCUT2D eigenvalue weighted by atomic mass is 35.5. The van der Waals surface area contributed by atoms with E-state index in [1.807, 2.05) is 11.4 Å². The van der Waals surface area contributed by atoms with E-state index in [2.05, 4.69) is 0 Å². The number of rotatable bonds is 3. The molecular weight excluding hydrogens is 403 g/mol. The quantitative estimate of drug-likeness (QED) is 0.655. The van der Waals surface area contributed by atoms with E-state index in [9.17, 15) is 14.0 Å². The Morgan fingerprint density at radius 2 is 2.07 bits per heavy atom. The lowest BCUT2D eigenvalue weighted by molar-refractivity contribution is -0.195. The van der Waals surface area contributed by atoms with Gasteiger partial charge in [0.05, 0.1) is 29.0 Å². The fourth-order valence-electron chi connectivity index (χ4n) is 3.84. The minimum absolute atomic E-state index is 0.00513. The minimum atomic E-state index is -0.503. The van der Waals surface area contributed by atoms with Crippen LogP contribution in [0.2, 0.25) is 5.02 Å². The summed E-state index contributed by atoms with van der Waals surface area (Å²) >= 11 is 7.34. The van der Waals surface area contributed by atoms with E-state index in [0.717, 1.165) is 4.70 Å². The summed E-state index contributed by atoms with van der Waals surface area (Å²) in [6, 6.07) is 6.24. The molecule has 144 valence electrons. The van der Waals surface area contributed by atoms with Crippen molar-refractivity contribution < 1.29 is 13.9 Å². The van der Waals surface area contributed by atoms with Gasteiger partial charge in [0.15, 0.2) is 0 Å². The molecule has 0 atom stereocenters. The second-order valence-corrected chi connectivity index (χ2v) is 8.83. The van der Waals surface area contributed by atoms with Gasteiger partial charge in [-0.25, -0.2) is 4.39 Å². The first-order chi connectivity index (χ1) is 13.5. The predicted molar refractivity (Wildman–Crippen MR) is 106 cm³/mol. The second kappa shape index (κ2) is 6.40. The molecule has 5 nitrogen and oxygen atoms in total. The number of aromatic nitrogens is 1. The van der Waals surface area contributed by atoms with Crippen molar-refractivity contribution in [1.82, 2.24) is 9.47 Å². The molecule has 2 aromatic heterocycles. The summed E-state index contributed by atoms with van der Waals surface area (Å²) in [6.45, 7) is 2.81. The maximum atomic E-state index is 13.5. The average molecular weight is 419 g/mol. The largest absolute Gasteiger partial charge is 0.380 e. The maximum Gasteiger partial charge on any atom is 0.260 e. The Balaban J connectivity index is 1.46. The van der Waals surface area contributed by atoms with Gasteiger partial charge in [0.1, 0.15) is 12.4 Å². The molecule has 1 spiro atoms. The average Bonchev–Trinajstić information content (AvgIpc) is 3.02. The van der Waals surface area contributed by atoms with Crippen molar-refractivity contribution in [2.24, 2.45) is 5.41 Å². The molecule has 28 heavy (non-hydrogen) atoms. The molecule has 2 aliphatic rings. The molecule has 0 unspecified atom stereocenters. The molecule has 1 amide bonds. The third-order valence-corrected chi connectivity index (χ3v) is 6.70. The van der Waals surface area contributed by atoms with Crippen molar-refractivity contribution in [2.45, 2.75) is 6.54 Å². The van der Waals surface area contributed by atoms with E-state index in [0.29, 0.717) is 42.8 Å². The van der Waals surface area contributed by atoms with Crippen LogP contribution in [0.1, 0.15) is 0 Å². The monoisotopic (exact) mass is 418 g/mol. The summed E-state index contributed by atoms with van der Waals surface area (Å²) in [5.41, 5.74) is 1.29. The van der Waals surface area contributed by atoms with Crippen LogP contribution in [0, 0.1) is 11.2 Å². The highest BCUT2D eigenvalue weighted by Crippen LogP contribution is 2.37. The highest BCUT2D eigenvalue weighted by molar-refractivity contribution is 7.17. The number of amides is 1. The summed E-state index contributed by atoms with van der Waals surface area (Å²) in [5, 5.41) is 2.39. The predicted octanol–water partition coefficient (Wildman–Crippen LogP) is 3.38. The van der Waals surface area contributed by atoms with E-state index in [1.54, 1.807) is 17.2 Å². The summed E-state index contributed by atoms with van der Waals surface area (Å²) in [7, 11) is 0. The van der Waals surface area contributed by atoms with Crippen LogP contribution in [-0.2, 0) is 16.1 Å². The van der Waals surface area contributed by atoms with Gasteiger partial charge in [-0.1, -0.05) is 17.7 Å². The summed E-state index contributed by atoms with van der Waals surface area (Å²) in [4.78, 5) is 27.4. The van der Waals surface area contributed by atoms with Gasteiger partial charge in [0.2, 0.25) is 5.91 Å². The van der Waals surface area contributed by atoms with E-state index < -0.39 is 5.82 Å². The molecule has 0 bridgehead atoms. The number of fused-ring (bicyclic) bond motifs is 1. The fourth-order valence-corrected chi connectivity index (χ4v) is 4.98. The van der Waals surface area contributed by atoms with Crippen LogP contribution >= 0.6 is 22.9 Å². The van der Waals surface area contributed by atoms with Crippen LogP contribution in [0.4, 0.5) is 4.39 Å². The van der Waals surface area contributed by atoms with Crippen LogP contribution < -0.4 is 5.56 Å². The third kappa shape index (κ3) is 2.77. The summed E-state index contributed by atoms with van der Waals surface area (Å²) in [5.74, 6) is -0.572. The lowest BCUT2D eigenvalue weighted by Gasteiger charge is -2.54. The topological polar surface area (TPSA) is 51.5 Å². The minimum Gasteiger partial charge on any atom is -0.380 e. The van der Waals surface area contributed by atoms with Crippen LogP contribution in [-0.4, -0.2) is 41.7 Å². The number of hydrogen-bond donors (Lipinski definition) is 0. The Hall–Kier alpha value is -2.22. The zero-order valence-electron chi connectivity index (χ0n) is 14.8. The summed E-state index contributed by atoms with van der Waals surface area (Å²) < 4.78 is 21.0. The lowest BCUT2D eigenvalue weighted by Crippen LogP contribution is -2.67. The molecule has 5 rings (SSSR count). The molecule has 8 heteroatoms. The number of thiophene rings is 1. The number of carbonyl (C=O) groups excluding carboxylic acids is 1. The third-order valence-electron chi connectivity index (χ3n) is 5.46. The van der Waals surface area contributed by atoms with E-state index in [4.69, 9.17) is 16.3 Å². The Kier molecular flexibility index (Phi) is 4.08. The molecule has 3 aromatic rings. The standard InChI is InChI=1S/C20H16ClFN2O3S/c21-14-5-12(1-2-15(14)22)13-7-28-16-3-4-23(19(26)18(13)16)6-17(25)24-8-20(9-24)10-27-11-20/h1-5,7H,6,8-11H2. The van der Waals surface area contributed by atoms with E-state index in [1.165, 1.54) is 28.0 Å². The van der Waals surface area contributed by atoms with Crippen molar-refractivity contribution >= 4 is 38.9 Å². The van der Waals surface area contributed by atoms with Crippen molar-refractivity contribution in [3.8, 4) is 11.1 Å². The summed E-state index contributed by atoms with van der Waals surface area (Å²) in [6.07, 6.45) is 1.66. The first-order valence-corrected chi connectivity index (χ1v) is 10.1. The van der Waals surface area contributed by atoms with Gasteiger partial charge >= 0.3 is 0 Å². The molecular formula is C20H16ClFN2O3S. The first kappa shape index (κ1) is 17.8.